The number of hydrogen-bond acceptors (Lipinski definition) is 3. The molecule has 0 aliphatic carbocycles. The molecule has 0 aromatic heterocycles. The molecule has 0 saturated carbocycles. The number of unbranched alkanes of at least 4 members (excludes halogenated alkanes) is 1. The van der Waals surface area contributed by atoms with Crippen molar-refractivity contribution in [1.82, 2.24) is 10.2 Å². The van der Waals surface area contributed by atoms with E-state index in [9.17, 15) is 4.79 Å². The Morgan fingerprint density at radius 3 is 3.18 bits per heavy atom. The molecular weight excluding hydrogens is 216 g/mol. The van der Waals surface area contributed by atoms with Crippen molar-refractivity contribution >= 4 is 6.09 Å². The highest BCUT2D eigenvalue weighted by molar-refractivity contribution is 5.67. The van der Waals surface area contributed by atoms with Crippen LogP contribution in [-0.2, 0) is 4.74 Å². The third-order valence-corrected chi connectivity index (χ3v) is 2.95. The second-order valence-electron chi connectivity index (χ2n) is 4.45. The standard InChI is InChI=1S/C13H24N2O2/c1-3-5-10-17-13(16)15-9-6-7-12(11-15)14-8-4-2/h4,12,14H,2-3,5-11H2,1H3. The molecule has 0 spiro atoms. The van der Waals surface area contributed by atoms with Crippen LogP contribution in [0, 0.1) is 0 Å². The molecule has 1 aliphatic rings. The number of likely N-dealkylation sites (tertiary alicyclic amines) is 1. The molecule has 1 heterocycles. The molecule has 1 atom stereocenters. The monoisotopic (exact) mass is 240 g/mol. The summed E-state index contributed by atoms with van der Waals surface area (Å²) in [6, 6.07) is 0.375. The Kier molecular flexibility index (Phi) is 6.70. The Morgan fingerprint density at radius 2 is 2.47 bits per heavy atom. The maximum Gasteiger partial charge on any atom is 0.409 e. The Bertz CT molecular complexity index is 244. The number of carbonyl (C=O) groups excluding carboxylic acids is 1. The molecule has 0 radical (unpaired) electrons. The van der Waals surface area contributed by atoms with E-state index in [1.54, 1.807) is 4.90 Å². The highest BCUT2D eigenvalue weighted by Gasteiger charge is 2.23. The number of nitrogens with zero attached hydrogens (tertiary/aromatic N) is 1. The summed E-state index contributed by atoms with van der Waals surface area (Å²) in [4.78, 5) is 13.6. The fraction of sp³-hybridized carbons (Fsp3) is 0.769. The predicted molar refractivity (Wildman–Crippen MR) is 69.1 cm³/mol. The molecule has 1 N–H and O–H groups in total. The summed E-state index contributed by atoms with van der Waals surface area (Å²) >= 11 is 0. The first-order chi connectivity index (χ1) is 8.27. The van der Waals surface area contributed by atoms with Crippen LogP contribution < -0.4 is 5.32 Å². The SMILES string of the molecule is C=CCNC1CCCN(C(=O)OCCCC)C1. The third kappa shape index (κ3) is 5.22. The summed E-state index contributed by atoms with van der Waals surface area (Å²) in [5.74, 6) is 0. The van der Waals surface area contributed by atoms with Crippen LogP contribution in [0.3, 0.4) is 0 Å². The van der Waals surface area contributed by atoms with E-state index in [1.165, 1.54) is 0 Å². The molecule has 0 aromatic carbocycles. The van der Waals surface area contributed by atoms with E-state index in [1.807, 2.05) is 6.08 Å². The zero-order valence-electron chi connectivity index (χ0n) is 10.8. The molecule has 1 unspecified atom stereocenters. The van der Waals surface area contributed by atoms with Gasteiger partial charge in [0.05, 0.1) is 6.61 Å². The summed E-state index contributed by atoms with van der Waals surface area (Å²) in [6.07, 6.45) is 5.83. The van der Waals surface area contributed by atoms with Crippen molar-refractivity contribution in [3.05, 3.63) is 12.7 Å². The zero-order valence-corrected chi connectivity index (χ0v) is 10.8. The highest BCUT2D eigenvalue weighted by Crippen LogP contribution is 2.11. The zero-order chi connectivity index (χ0) is 12.5. The van der Waals surface area contributed by atoms with Crippen LogP contribution in [0.25, 0.3) is 0 Å². The van der Waals surface area contributed by atoms with Crippen molar-refractivity contribution in [3.8, 4) is 0 Å². The average Bonchev–Trinajstić information content (AvgIpc) is 2.37. The number of nitrogens with one attached hydrogen (secondary N) is 1. The third-order valence-electron chi connectivity index (χ3n) is 2.95. The molecule has 1 rings (SSSR count). The molecule has 17 heavy (non-hydrogen) atoms. The van der Waals surface area contributed by atoms with E-state index in [2.05, 4.69) is 18.8 Å². The van der Waals surface area contributed by atoms with E-state index < -0.39 is 0 Å². The number of amides is 1. The first kappa shape index (κ1) is 14.0. The van der Waals surface area contributed by atoms with Gasteiger partial charge < -0.3 is 15.0 Å². The molecule has 98 valence electrons. The molecule has 1 aliphatic heterocycles. The van der Waals surface area contributed by atoms with Crippen molar-refractivity contribution in [2.75, 3.05) is 26.2 Å². The lowest BCUT2D eigenvalue weighted by molar-refractivity contribution is 0.0881. The molecule has 1 amide bonds. The van der Waals surface area contributed by atoms with Crippen molar-refractivity contribution in [3.63, 3.8) is 0 Å². The minimum atomic E-state index is -0.163. The van der Waals surface area contributed by atoms with Gasteiger partial charge in [0, 0.05) is 25.7 Å². The normalized spacial score (nSPS) is 20.1. The Labute approximate surface area is 104 Å². The molecule has 1 fully saturated rings. The Hall–Kier alpha value is -1.03. The van der Waals surface area contributed by atoms with E-state index in [-0.39, 0.29) is 6.09 Å². The van der Waals surface area contributed by atoms with Gasteiger partial charge >= 0.3 is 6.09 Å². The van der Waals surface area contributed by atoms with Gasteiger partial charge in [-0.3, -0.25) is 0 Å². The molecule has 4 nitrogen and oxygen atoms in total. The Balaban J connectivity index is 2.27. The van der Waals surface area contributed by atoms with E-state index in [0.717, 1.165) is 45.3 Å². The lowest BCUT2D eigenvalue weighted by Gasteiger charge is -2.32. The summed E-state index contributed by atoms with van der Waals surface area (Å²) in [6.45, 7) is 8.67. The van der Waals surface area contributed by atoms with Gasteiger partial charge in [-0.15, -0.1) is 6.58 Å². The lowest BCUT2D eigenvalue weighted by Crippen LogP contribution is -2.48. The Morgan fingerprint density at radius 1 is 1.65 bits per heavy atom. The van der Waals surface area contributed by atoms with E-state index in [0.29, 0.717) is 12.6 Å². The second kappa shape index (κ2) is 8.12. The summed E-state index contributed by atoms with van der Waals surface area (Å²) < 4.78 is 5.21. The van der Waals surface area contributed by atoms with Gasteiger partial charge in [0.1, 0.15) is 0 Å². The van der Waals surface area contributed by atoms with Gasteiger partial charge in [0.25, 0.3) is 0 Å². The summed E-state index contributed by atoms with van der Waals surface area (Å²) in [5, 5.41) is 3.36. The smallest absolute Gasteiger partial charge is 0.409 e. The largest absolute Gasteiger partial charge is 0.449 e. The van der Waals surface area contributed by atoms with Gasteiger partial charge in [-0.1, -0.05) is 19.4 Å². The topological polar surface area (TPSA) is 41.6 Å². The van der Waals surface area contributed by atoms with Crippen LogP contribution in [0.5, 0.6) is 0 Å². The highest BCUT2D eigenvalue weighted by atomic mass is 16.6. The minimum absolute atomic E-state index is 0.163. The molecule has 1 saturated heterocycles. The first-order valence-electron chi connectivity index (χ1n) is 6.54. The van der Waals surface area contributed by atoms with Gasteiger partial charge in [0.15, 0.2) is 0 Å². The van der Waals surface area contributed by atoms with Crippen molar-refractivity contribution in [1.29, 1.82) is 0 Å². The van der Waals surface area contributed by atoms with E-state index in [4.69, 9.17) is 4.74 Å². The molecule has 0 aromatic rings. The summed E-state index contributed by atoms with van der Waals surface area (Å²) in [5.41, 5.74) is 0. The molecule has 0 bridgehead atoms. The number of ether oxygens (including phenoxy) is 1. The number of carbonyl (C=O) groups is 1. The molecular formula is C13H24N2O2. The number of hydrogen-bond donors (Lipinski definition) is 1. The van der Waals surface area contributed by atoms with Crippen molar-refractivity contribution in [2.24, 2.45) is 0 Å². The van der Waals surface area contributed by atoms with Crippen LogP contribution in [0.2, 0.25) is 0 Å². The first-order valence-corrected chi connectivity index (χ1v) is 6.54. The van der Waals surface area contributed by atoms with Crippen LogP contribution >= 0.6 is 0 Å². The fourth-order valence-corrected chi connectivity index (χ4v) is 1.95. The van der Waals surface area contributed by atoms with Gasteiger partial charge in [0.2, 0.25) is 0 Å². The predicted octanol–water partition coefficient (Wildman–Crippen LogP) is 2.16. The number of piperidine rings is 1. The van der Waals surface area contributed by atoms with Crippen LogP contribution in [0.15, 0.2) is 12.7 Å². The van der Waals surface area contributed by atoms with Gasteiger partial charge in [-0.2, -0.15) is 0 Å². The van der Waals surface area contributed by atoms with Crippen molar-refractivity contribution < 1.29 is 9.53 Å². The number of rotatable bonds is 6. The van der Waals surface area contributed by atoms with Gasteiger partial charge in [-0.05, 0) is 19.3 Å². The average molecular weight is 240 g/mol. The van der Waals surface area contributed by atoms with Gasteiger partial charge in [-0.25, -0.2) is 4.79 Å². The maximum absolute atomic E-state index is 11.7. The fourth-order valence-electron chi connectivity index (χ4n) is 1.95. The van der Waals surface area contributed by atoms with E-state index >= 15 is 0 Å². The summed E-state index contributed by atoms with van der Waals surface area (Å²) in [7, 11) is 0. The quantitative estimate of drug-likeness (QED) is 0.571. The van der Waals surface area contributed by atoms with Crippen LogP contribution in [-0.4, -0.2) is 43.3 Å². The van der Waals surface area contributed by atoms with Crippen LogP contribution in [0.4, 0.5) is 4.79 Å². The maximum atomic E-state index is 11.7. The van der Waals surface area contributed by atoms with Crippen molar-refractivity contribution in [2.45, 2.75) is 38.6 Å². The minimum Gasteiger partial charge on any atom is -0.449 e. The lowest BCUT2D eigenvalue weighted by atomic mass is 10.1. The van der Waals surface area contributed by atoms with Crippen LogP contribution in [0.1, 0.15) is 32.6 Å². The molecule has 4 heteroatoms. The second-order valence-corrected chi connectivity index (χ2v) is 4.45.